The predicted octanol–water partition coefficient (Wildman–Crippen LogP) is 5.10. The molecule has 0 aliphatic carbocycles. The van der Waals surface area contributed by atoms with E-state index in [4.69, 9.17) is 1.43 Å². The molecule has 0 saturated carbocycles. The van der Waals surface area contributed by atoms with E-state index in [2.05, 4.69) is 17.7 Å². The Hall–Kier alpha value is -2.37. The van der Waals surface area contributed by atoms with Gasteiger partial charge in [0, 0.05) is 15.4 Å². The maximum atomic E-state index is 13.1. The van der Waals surface area contributed by atoms with Crippen LogP contribution in [0.1, 0.15) is 21.2 Å². The summed E-state index contributed by atoms with van der Waals surface area (Å²) in [5.74, 6) is 0.443. The number of hydrogen-bond donors (Lipinski definition) is 3. The Morgan fingerprint density at radius 3 is 2.24 bits per heavy atom. The lowest BCUT2D eigenvalue weighted by atomic mass is 10.0. The topological polar surface area (TPSA) is 57.5 Å². The quantitative estimate of drug-likeness (QED) is 0.321. The molecular weight excluding hydrogens is 352 g/mol. The molecular formula is C20H16O3S2. The summed E-state index contributed by atoms with van der Waals surface area (Å²) in [6, 6.07) is 20.7. The SMILES string of the molecule is [3H]Oc1ccc(C(Sc2ccccc2S)C(=O)c2ccc(O)cc2)cc1. The number of phenols is 2. The van der Waals surface area contributed by atoms with Gasteiger partial charge in [0.1, 0.15) is 11.5 Å². The molecule has 3 rings (SSSR count). The molecule has 3 aromatic rings. The van der Waals surface area contributed by atoms with Gasteiger partial charge in [0.15, 0.2) is 5.78 Å². The maximum absolute atomic E-state index is 13.1. The third kappa shape index (κ3) is 4.18. The van der Waals surface area contributed by atoms with Gasteiger partial charge < -0.3 is 10.2 Å². The first-order chi connectivity index (χ1) is 12.6. The first-order valence-electron chi connectivity index (χ1n) is 8.00. The summed E-state index contributed by atoms with van der Waals surface area (Å²) in [7, 11) is 0. The lowest BCUT2D eigenvalue weighted by Crippen LogP contribution is -2.10. The number of carbonyl (C=O) groups excluding carboxylic acids is 1. The van der Waals surface area contributed by atoms with Crippen molar-refractivity contribution in [3.05, 3.63) is 83.9 Å². The largest absolute Gasteiger partial charge is 0.508 e. The fourth-order valence-electron chi connectivity index (χ4n) is 2.38. The highest BCUT2D eigenvalue weighted by Crippen LogP contribution is 2.40. The molecule has 0 heterocycles. The standard InChI is InChI=1S/C20H16O3S2/c21-15-9-5-13(6-10-15)19(23)20(14-7-11-16(22)12-8-14)25-18-4-2-1-3-17(18)24/h1-12,20-22,24H/i/hT. The monoisotopic (exact) mass is 370 g/mol. The highest BCUT2D eigenvalue weighted by molar-refractivity contribution is 8.00. The maximum Gasteiger partial charge on any atom is 0.293 e. The molecule has 2 N–H and O–H groups in total. The van der Waals surface area contributed by atoms with Crippen LogP contribution in [-0.2, 0) is 0 Å². The number of ketones is 1. The average Bonchev–Trinajstić information content (AvgIpc) is 2.67. The Morgan fingerprint density at radius 2 is 1.60 bits per heavy atom. The van der Waals surface area contributed by atoms with E-state index in [1.807, 2.05) is 24.3 Å². The van der Waals surface area contributed by atoms with E-state index < -0.39 is 5.25 Å². The lowest BCUT2D eigenvalue weighted by molar-refractivity contribution is 0.0989. The minimum Gasteiger partial charge on any atom is -0.508 e. The number of rotatable bonds is 6. The molecule has 0 fully saturated rings. The van der Waals surface area contributed by atoms with Gasteiger partial charge in [0.05, 0.1) is 5.25 Å². The van der Waals surface area contributed by atoms with Crippen molar-refractivity contribution < 1.29 is 15.0 Å². The van der Waals surface area contributed by atoms with Gasteiger partial charge in [-0.1, -0.05) is 24.3 Å². The molecule has 0 aliphatic heterocycles. The van der Waals surface area contributed by atoms with E-state index in [9.17, 15) is 9.90 Å². The molecule has 3 aromatic carbocycles. The molecule has 0 bridgehead atoms. The van der Waals surface area contributed by atoms with Crippen LogP contribution in [0.15, 0.2) is 82.6 Å². The molecule has 3 nitrogen and oxygen atoms in total. The lowest BCUT2D eigenvalue weighted by Gasteiger charge is -2.17. The summed E-state index contributed by atoms with van der Waals surface area (Å²) >= 11 is 5.89. The Labute approximate surface area is 157 Å². The van der Waals surface area contributed by atoms with Gasteiger partial charge in [-0.2, -0.15) is 0 Å². The van der Waals surface area contributed by atoms with Crippen LogP contribution in [0.2, 0.25) is 0 Å². The molecule has 1 unspecified atom stereocenters. The Balaban J connectivity index is 1.98. The van der Waals surface area contributed by atoms with Crippen LogP contribution in [0.5, 0.6) is 11.5 Å². The fraction of sp³-hybridized carbons (Fsp3) is 0.0500. The summed E-state index contributed by atoms with van der Waals surface area (Å²) in [6.45, 7) is 0. The number of thioether (sulfide) groups is 1. The number of aromatic hydroxyl groups is 2. The smallest absolute Gasteiger partial charge is 0.293 e. The Bertz CT molecular complexity index is 896. The molecule has 25 heavy (non-hydrogen) atoms. The first kappa shape index (κ1) is 16.1. The van der Waals surface area contributed by atoms with Gasteiger partial charge in [-0.3, -0.25) is 4.79 Å². The molecule has 126 valence electrons. The van der Waals surface area contributed by atoms with Crippen LogP contribution in [0, 0.1) is 0 Å². The van der Waals surface area contributed by atoms with Crippen molar-refractivity contribution in [3.63, 3.8) is 0 Å². The van der Waals surface area contributed by atoms with Crippen molar-refractivity contribution in [2.24, 2.45) is 0 Å². The number of thiol groups is 1. The second kappa shape index (κ2) is 7.68. The highest BCUT2D eigenvalue weighted by atomic mass is 32.2. The van der Waals surface area contributed by atoms with Crippen LogP contribution >= 0.6 is 24.4 Å². The van der Waals surface area contributed by atoms with Crippen molar-refractivity contribution in [1.82, 2.24) is 0 Å². The predicted molar refractivity (Wildman–Crippen MR) is 103 cm³/mol. The zero-order valence-electron chi connectivity index (χ0n) is 14.1. The van der Waals surface area contributed by atoms with Crippen LogP contribution in [0.25, 0.3) is 0 Å². The molecule has 0 aliphatic rings. The van der Waals surface area contributed by atoms with Gasteiger partial charge in [-0.15, -0.1) is 24.4 Å². The van der Waals surface area contributed by atoms with E-state index in [0.29, 0.717) is 11.3 Å². The Morgan fingerprint density at radius 1 is 0.960 bits per heavy atom. The van der Waals surface area contributed by atoms with E-state index >= 15 is 0 Å². The van der Waals surface area contributed by atoms with Gasteiger partial charge in [0.2, 0.25) is 0 Å². The second-order valence-electron chi connectivity index (χ2n) is 5.45. The average molecular weight is 370 g/mol. The molecule has 0 radical (unpaired) electrons. The van der Waals surface area contributed by atoms with Crippen LogP contribution in [0.4, 0.5) is 0 Å². The molecule has 0 spiro atoms. The van der Waals surface area contributed by atoms with Crippen LogP contribution in [0.3, 0.4) is 0 Å². The second-order valence-corrected chi connectivity index (χ2v) is 7.07. The van der Waals surface area contributed by atoms with Crippen molar-refractivity contribution in [1.29, 1.82) is 1.43 Å². The van der Waals surface area contributed by atoms with Gasteiger partial charge in [-0.25, -0.2) is 0 Å². The van der Waals surface area contributed by atoms with E-state index in [1.54, 1.807) is 36.4 Å². The van der Waals surface area contributed by atoms with E-state index in [1.165, 1.54) is 23.9 Å². The van der Waals surface area contributed by atoms with E-state index in [-0.39, 0.29) is 11.5 Å². The van der Waals surface area contributed by atoms with Gasteiger partial charge in [0.25, 0.3) is 1.43 Å². The zero-order chi connectivity index (χ0) is 18.5. The number of phenolic OH excluding ortho intramolecular Hbond substituents is 2. The number of Topliss-reactive ketones (excluding diaryl/α,β-unsaturated/α-hetero) is 1. The number of hydrogen-bond acceptors (Lipinski definition) is 5. The third-order valence-electron chi connectivity index (χ3n) is 3.68. The fourth-order valence-corrected chi connectivity index (χ4v) is 3.83. The highest BCUT2D eigenvalue weighted by Gasteiger charge is 2.24. The van der Waals surface area contributed by atoms with E-state index in [0.717, 1.165) is 15.4 Å². The van der Waals surface area contributed by atoms with Gasteiger partial charge in [-0.05, 0) is 54.1 Å². The normalized spacial score (nSPS) is 12.3. The summed E-state index contributed by atoms with van der Waals surface area (Å²) < 4.78 is 6.96. The number of benzene rings is 3. The van der Waals surface area contributed by atoms with Crippen molar-refractivity contribution in [2.75, 3.05) is 0 Å². The molecule has 5 heteroatoms. The number of carbonyl (C=O) groups is 1. The molecule has 0 aromatic heterocycles. The molecule has 0 saturated heterocycles. The Kier molecular flexibility index (Phi) is 4.95. The summed E-state index contributed by atoms with van der Waals surface area (Å²) in [5.41, 5.74) is 1.31. The zero-order valence-corrected chi connectivity index (χ0v) is 14.8. The summed E-state index contributed by atoms with van der Waals surface area (Å²) in [5, 5.41) is 13.4. The van der Waals surface area contributed by atoms with Crippen molar-refractivity contribution in [3.8, 4) is 11.5 Å². The minimum atomic E-state index is -0.493. The van der Waals surface area contributed by atoms with Gasteiger partial charge >= 0.3 is 0 Å². The molecule has 1 atom stereocenters. The molecule has 0 amide bonds. The minimum absolute atomic E-state index is 0.0777. The van der Waals surface area contributed by atoms with Crippen LogP contribution in [-0.4, -0.2) is 17.4 Å². The van der Waals surface area contributed by atoms with Crippen molar-refractivity contribution >= 4 is 30.2 Å². The summed E-state index contributed by atoms with van der Waals surface area (Å²) in [4.78, 5) is 14.8. The van der Waals surface area contributed by atoms with Crippen LogP contribution < -0.4 is 0 Å². The third-order valence-corrected chi connectivity index (χ3v) is 5.56. The van der Waals surface area contributed by atoms with Crippen molar-refractivity contribution in [2.45, 2.75) is 15.0 Å². The summed E-state index contributed by atoms with van der Waals surface area (Å²) in [6.07, 6.45) is 0. The first-order valence-corrected chi connectivity index (χ1v) is 8.92.